The van der Waals surface area contributed by atoms with Crippen LogP contribution < -0.4 is 5.32 Å². The van der Waals surface area contributed by atoms with Gasteiger partial charge in [-0.3, -0.25) is 19.3 Å². The van der Waals surface area contributed by atoms with E-state index in [0.717, 1.165) is 10.5 Å². The number of imide groups is 1. The molecule has 0 fully saturated rings. The Hall–Kier alpha value is -2.95. The van der Waals surface area contributed by atoms with Gasteiger partial charge in [-0.2, -0.15) is 0 Å². The average molecular weight is 350 g/mol. The van der Waals surface area contributed by atoms with Crippen molar-refractivity contribution in [1.82, 2.24) is 10.2 Å². The zero-order valence-corrected chi connectivity index (χ0v) is 15.2. The molecule has 0 spiro atoms. The van der Waals surface area contributed by atoms with E-state index >= 15 is 0 Å². The molecule has 0 radical (unpaired) electrons. The first-order chi connectivity index (χ1) is 12.3. The average Bonchev–Trinajstić information content (AvgIpc) is 2.84. The summed E-state index contributed by atoms with van der Waals surface area (Å²) in [6.45, 7) is 5.60. The fraction of sp³-hybridized carbons (Fsp3) is 0.286. The standard InChI is InChI=1S/C21H22N2O3/c1-21(2,3)22-18(24)17(13-14-9-5-4-6-10-14)23-19(25)15-11-7-8-12-16(15)20(23)26/h4-12,17H,13H2,1-3H3,(H,22,24)/t17-/m0/s1. The minimum Gasteiger partial charge on any atom is -0.350 e. The predicted octanol–water partition coefficient (Wildman–Crippen LogP) is 2.81. The molecule has 0 aliphatic carbocycles. The molecule has 3 rings (SSSR count). The number of amides is 3. The van der Waals surface area contributed by atoms with Crippen molar-refractivity contribution in [2.45, 2.75) is 38.8 Å². The fourth-order valence-electron chi connectivity index (χ4n) is 3.08. The molecule has 1 atom stereocenters. The molecule has 134 valence electrons. The third kappa shape index (κ3) is 3.52. The number of carbonyl (C=O) groups excluding carboxylic acids is 3. The Kier molecular flexibility index (Phi) is 4.64. The van der Waals surface area contributed by atoms with Gasteiger partial charge >= 0.3 is 0 Å². The smallest absolute Gasteiger partial charge is 0.262 e. The van der Waals surface area contributed by atoms with Gasteiger partial charge in [-0.25, -0.2) is 0 Å². The van der Waals surface area contributed by atoms with Crippen LogP contribution in [-0.2, 0) is 11.2 Å². The lowest BCUT2D eigenvalue weighted by atomic mass is 10.0. The molecule has 1 heterocycles. The van der Waals surface area contributed by atoms with Crippen molar-refractivity contribution in [3.05, 3.63) is 71.3 Å². The van der Waals surface area contributed by atoms with Gasteiger partial charge in [0.1, 0.15) is 6.04 Å². The number of carbonyl (C=O) groups is 3. The molecular weight excluding hydrogens is 328 g/mol. The van der Waals surface area contributed by atoms with Gasteiger partial charge in [0.25, 0.3) is 11.8 Å². The van der Waals surface area contributed by atoms with Crippen molar-refractivity contribution in [1.29, 1.82) is 0 Å². The van der Waals surface area contributed by atoms with Gasteiger partial charge < -0.3 is 5.32 Å². The highest BCUT2D eigenvalue weighted by Gasteiger charge is 2.43. The van der Waals surface area contributed by atoms with E-state index in [-0.39, 0.29) is 12.3 Å². The molecule has 0 aromatic heterocycles. The summed E-state index contributed by atoms with van der Waals surface area (Å²) in [6.07, 6.45) is 0.272. The second kappa shape index (κ2) is 6.75. The molecule has 5 nitrogen and oxygen atoms in total. The van der Waals surface area contributed by atoms with Crippen molar-refractivity contribution < 1.29 is 14.4 Å². The summed E-state index contributed by atoms with van der Waals surface area (Å²) >= 11 is 0. The summed E-state index contributed by atoms with van der Waals surface area (Å²) in [4.78, 5) is 39.7. The first-order valence-electron chi connectivity index (χ1n) is 8.61. The Labute approximate surface area is 153 Å². The molecular formula is C21H22N2O3. The Bertz CT molecular complexity index is 818. The SMILES string of the molecule is CC(C)(C)NC(=O)[C@H](Cc1ccccc1)N1C(=O)c2ccccc2C1=O. The highest BCUT2D eigenvalue weighted by Crippen LogP contribution is 2.26. The summed E-state index contributed by atoms with van der Waals surface area (Å²) in [5, 5.41) is 2.90. The van der Waals surface area contributed by atoms with Gasteiger partial charge in [0, 0.05) is 12.0 Å². The summed E-state index contributed by atoms with van der Waals surface area (Å²) in [5.41, 5.74) is 1.11. The molecule has 0 unspecified atom stereocenters. The summed E-state index contributed by atoms with van der Waals surface area (Å²) in [6, 6.07) is 15.2. The van der Waals surface area contributed by atoms with Crippen LogP contribution in [-0.4, -0.2) is 34.2 Å². The van der Waals surface area contributed by atoms with Crippen LogP contribution in [0.5, 0.6) is 0 Å². The third-order valence-corrected chi connectivity index (χ3v) is 4.21. The molecule has 3 amide bonds. The number of hydrogen-bond donors (Lipinski definition) is 1. The number of hydrogen-bond acceptors (Lipinski definition) is 3. The van der Waals surface area contributed by atoms with Crippen LogP contribution in [0.3, 0.4) is 0 Å². The second-order valence-corrected chi connectivity index (χ2v) is 7.47. The summed E-state index contributed by atoms with van der Waals surface area (Å²) < 4.78 is 0. The van der Waals surface area contributed by atoms with E-state index in [4.69, 9.17) is 0 Å². The zero-order chi connectivity index (χ0) is 18.9. The molecule has 26 heavy (non-hydrogen) atoms. The molecule has 0 saturated heterocycles. The topological polar surface area (TPSA) is 66.5 Å². The molecule has 5 heteroatoms. The fourth-order valence-corrected chi connectivity index (χ4v) is 3.08. The lowest BCUT2D eigenvalue weighted by molar-refractivity contribution is -0.126. The Morgan fingerprint density at radius 1 is 0.923 bits per heavy atom. The zero-order valence-electron chi connectivity index (χ0n) is 15.2. The number of nitrogens with zero attached hydrogens (tertiary/aromatic N) is 1. The monoisotopic (exact) mass is 350 g/mol. The van der Waals surface area contributed by atoms with Gasteiger partial charge in [-0.05, 0) is 38.5 Å². The van der Waals surface area contributed by atoms with Gasteiger partial charge in [-0.1, -0.05) is 42.5 Å². The molecule has 0 saturated carbocycles. The maximum absolute atomic E-state index is 12.9. The lowest BCUT2D eigenvalue weighted by Crippen LogP contribution is -2.54. The summed E-state index contributed by atoms with van der Waals surface area (Å²) in [5.74, 6) is -1.18. The normalized spacial score (nSPS) is 15.0. The van der Waals surface area contributed by atoms with Crippen LogP contribution in [0.1, 0.15) is 47.1 Å². The molecule has 1 aliphatic heterocycles. The highest BCUT2D eigenvalue weighted by molar-refractivity contribution is 6.22. The van der Waals surface area contributed by atoms with E-state index < -0.39 is 23.4 Å². The van der Waals surface area contributed by atoms with Crippen LogP contribution >= 0.6 is 0 Å². The molecule has 1 aliphatic rings. The van der Waals surface area contributed by atoms with Crippen molar-refractivity contribution in [3.8, 4) is 0 Å². The first-order valence-corrected chi connectivity index (χ1v) is 8.61. The molecule has 2 aromatic carbocycles. The predicted molar refractivity (Wildman–Crippen MR) is 98.8 cm³/mol. The van der Waals surface area contributed by atoms with E-state index in [9.17, 15) is 14.4 Å². The van der Waals surface area contributed by atoms with Crippen LogP contribution in [0, 0.1) is 0 Å². The van der Waals surface area contributed by atoms with Crippen LogP contribution in [0.2, 0.25) is 0 Å². The van der Waals surface area contributed by atoms with E-state index in [1.165, 1.54) is 0 Å². The highest BCUT2D eigenvalue weighted by atomic mass is 16.2. The maximum Gasteiger partial charge on any atom is 0.262 e. The van der Waals surface area contributed by atoms with Crippen molar-refractivity contribution in [2.24, 2.45) is 0 Å². The molecule has 1 N–H and O–H groups in total. The van der Waals surface area contributed by atoms with Crippen LogP contribution in [0.4, 0.5) is 0 Å². The Morgan fingerprint density at radius 2 is 1.42 bits per heavy atom. The van der Waals surface area contributed by atoms with Crippen LogP contribution in [0.15, 0.2) is 54.6 Å². The van der Waals surface area contributed by atoms with Crippen molar-refractivity contribution in [3.63, 3.8) is 0 Å². The number of nitrogens with one attached hydrogen (secondary N) is 1. The third-order valence-electron chi connectivity index (χ3n) is 4.21. The molecule has 2 aromatic rings. The Balaban J connectivity index is 1.97. The molecule has 0 bridgehead atoms. The minimum absolute atomic E-state index is 0.272. The number of rotatable bonds is 4. The van der Waals surface area contributed by atoms with E-state index in [0.29, 0.717) is 11.1 Å². The Morgan fingerprint density at radius 3 is 1.92 bits per heavy atom. The minimum atomic E-state index is -0.899. The van der Waals surface area contributed by atoms with Crippen LogP contribution in [0.25, 0.3) is 0 Å². The van der Waals surface area contributed by atoms with Crippen molar-refractivity contribution >= 4 is 17.7 Å². The van der Waals surface area contributed by atoms with Crippen molar-refractivity contribution in [2.75, 3.05) is 0 Å². The summed E-state index contributed by atoms with van der Waals surface area (Å²) in [7, 11) is 0. The van der Waals surface area contributed by atoms with Gasteiger partial charge in [-0.15, -0.1) is 0 Å². The largest absolute Gasteiger partial charge is 0.350 e. The first kappa shape index (κ1) is 17.9. The van der Waals surface area contributed by atoms with E-state index in [1.807, 2.05) is 51.1 Å². The number of fused-ring (bicyclic) bond motifs is 1. The lowest BCUT2D eigenvalue weighted by Gasteiger charge is -2.29. The van der Waals surface area contributed by atoms with Gasteiger partial charge in [0.15, 0.2) is 0 Å². The van der Waals surface area contributed by atoms with Gasteiger partial charge in [0.05, 0.1) is 11.1 Å². The number of benzene rings is 2. The van der Waals surface area contributed by atoms with E-state index in [2.05, 4.69) is 5.32 Å². The maximum atomic E-state index is 12.9. The van der Waals surface area contributed by atoms with Gasteiger partial charge in [0.2, 0.25) is 5.91 Å². The quantitative estimate of drug-likeness (QED) is 0.862. The van der Waals surface area contributed by atoms with E-state index in [1.54, 1.807) is 24.3 Å². The second-order valence-electron chi connectivity index (χ2n) is 7.47.